The summed E-state index contributed by atoms with van der Waals surface area (Å²) in [5.41, 5.74) is 6.90. The summed E-state index contributed by atoms with van der Waals surface area (Å²) >= 11 is 0. The van der Waals surface area contributed by atoms with Gasteiger partial charge in [-0.3, -0.25) is 14.4 Å². The monoisotopic (exact) mass is 624 g/mol. The summed E-state index contributed by atoms with van der Waals surface area (Å²) in [5.74, 6) is -0.866. The number of anilines is 1. The third-order valence-electron chi connectivity index (χ3n) is 7.33. The Labute approximate surface area is 268 Å². The Hall–Kier alpha value is -4.08. The van der Waals surface area contributed by atoms with E-state index in [0.717, 1.165) is 44.1 Å². The van der Waals surface area contributed by atoms with Crippen molar-refractivity contribution in [1.82, 2.24) is 10.2 Å². The van der Waals surface area contributed by atoms with Crippen molar-refractivity contribution >= 4 is 29.5 Å². The highest BCUT2D eigenvalue weighted by Gasteiger charge is 2.36. The molecule has 45 heavy (non-hydrogen) atoms. The lowest BCUT2D eigenvalue weighted by Crippen LogP contribution is -2.52. The number of unbranched alkanes of at least 4 members (excludes halogenated alkanes) is 5. The van der Waals surface area contributed by atoms with Gasteiger partial charge in [0.1, 0.15) is 23.4 Å². The molecule has 2 atom stereocenters. The van der Waals surface area contributed by atoms with Crippen LogP contribution in [0.3, 0.4) is 0 Å². The molecule has 2 rings (SSSR count). The second-order valence-corrected chi connectivity index (χ2v) is 12.2. The predicted molar refractivity (Wildman–Crippen MR) is 177 cm³/mol. The second-order valence-electron chi connectivity index (χ2n) is 12.2. The Morgan fingerprint density at radius 3 is 2.07 bits per heavy atom. The summed E-state index contributed by atoms with van der Waals surface area (Å²) in [4.78, 5) is 54.6. The molecule has 0 bridgehead atoms. The van der Waals surface area contributed by atoms with Gasteiger partial charge in [0.2, 0.25) is 11.8 Å². The number of hydrogen-bond acceptors (Lipinski definition) is 6. The van der Waals surface area contributed by atoms with E-state index in [0.29, 0.717) is 23.4 Å². The number of primary amides is 1. The van der Waals surface area contributed by atoms with Crippen molar-refractivity contribution < 1.29 is 28.7 Å². The Balaban J connectivity index is 2.53. The van der Waals surface area contributed by atoms with Crippen LogP contribution >= 0.6 is 0 Å². The standard InChI is InChI=1S/C35H52N4O6/c1-7-9-10-11-12-13-24-39(33(42)29(22-23-30(36)40)38-34(43)45-35(3,4)5)31(26-16-14-25(8-2)15-17-26)32(41)37-27-18-20-28(44-6)21-19-27/h14-21,29,31H,7-13,22-24H2,1-6H3,(H2,36,40)(H,37,41)(H,38,43). The van der Waals surface area contributed by atoms with Gasteiger partial charge in [0, 0.05) is 18.7 Å². The third kappa shape index (κ3) is 13.2. The first kappa shape index (κ1) is 37.1. The van der Waals surface area contributed by atoms with Crippen molar-refractivity contribution in [2.45, 2.75) is 110 Å². The fourth-order valence-electron chi connectivity index (χ4n) is 4.92. The van der Waals surface area contributed by atoms with E-state index in [-0.39, 0.29) is 19.4 Å². The highest BCUT2D eigenvalue weighted by Crippen LogP contribution is 2.27. The number of carbonyl (C=O) groups is 4. The average Bonchev–Trinajstić information content (AvgIpc) is 2.99. The van der Waals surface area contributed by atoms with Gasteiger partial charge >= 0.3 is 6.09 Å². The Bertz CT molecular complexity index is 1220. The van der Waals surface area contributed by atoms with E-state index >= 15 is 0 Å². The zero-order valence-corrected chi connectivity index (χ0v) is 27.8. The number of alkyl carbamates (subject to hydrolysis) is 1. The topological polar surface area (TPSA) is 140 Å². The molecule has 2 aromatic carbocycles. The number of aryl methyl sites for hydroxylation is 1. The molecule has 0 aliphatic rings. The highest BCUT2D eigenvalue weighted by molar-refractivity contribution is 5.99. The summed E-state index contributed by atoms with van der Waals surface area (Å²) in [6.07, 6.45) is 5.72. The highest BCUT2D eigenvalue weighted by atomic mass is 16.6. The van der Waals surface area contributed by atoms with E-state index in [9.17, 15) is 19.2 Å². The molecule has 0 radical (unpaired) electrons. The number of nitrogens with two attached hydrogens (primary N) is 1. The first-order chi connectivity index (χ1) is 21.4. The number of carbonyl (C=O) groups excluding carboxylic acids is 4. The molecule has 2 unspecified atom stereocenters. The molecular formula is C35H52N4O6. The van der Waals surface area contributed by atoms with Gasteiger partial charge in [-0.1, -0.05) is 70.2 Å². The van der Waals surface area contributed by atoms with Gasteiger partial charge in [-0.25, -0.2) is 4.79 Å². The molecule has 0 fully saturated rings. The summed E-state index contributed by atoms with van der Waals surface area (Å²) in [5, 5.41) is 5.61. The van der Waals surface area contributed by atoms with Crippen molar-refractivity contribution in [3.05, 3.63) is 59.7 Å². The summed E-state index contributed by atoms with van der Waals surface area (Å²) in [6.45, 7) is 9.62. The maximum absolute atomic E-state index is 14.4. The van der Waals surface area contributed by atoms with Gasteiger partial charge in [0.05, 0.1) is 7.11 Å². The van der Waals surface area contributed by atoms with Crippen LogP contribution in [0.15, 0.2) is 48.5 Å². The molecule has 0 saturated heterocycles. The fourth-order valence-corrected chi connectivity index (χ4v) is 4.92. The van der Waals surface area contributed by atoms with Gasteiger partial charge < -0.3 is 30.7 Å². The van der Waals surface area contributed by atoms with Crippen LogP contribution in [0, 0.1) is 0 Å². The summed E-state index contributed by atoms with van der Waals surface area (Å²) in [6, 6.07) is 12.4. The average molecular weight is 625 g/mol. The van der Waals surface area contributed by atoms with Crippen molar-refractivity contribution in [1.29, 1.82) is 0 Å². The third-order valence-corrected chi connectivity index (χ3v) is 7.33. The van der Waals surface area contributed by atoms with Crippen molar-refractivity contribution in [3.63, 3.8) is 0 Å². The molecule has 4 amide bonds. The largest absolute Gasteiger partial charge is 0.497 e. The van der Waals surface area contributed by atoms with E-state index in [1.807, 2.05) is 31.2 Å². The number of rotatable bonds is 18. The Morgan fingerprint density at radius 1 is 0.889 bits per heavy atom. The maximum Gasteiger partial charge on any atom is 0.408 e. The number of benzene rings is 2. The molecule has 0 aromatic heterocycles. The van der Waals surface area contributed by atoms with Crippen molar-refractivity contribution in [2.24, 2.45) is 5.73 Å². The summed E-state index contributed by atoms with van der Waals surface area (Å²) in [7, 11) is 1.56. The lowest BCUT2D eigenvalue weighted by Gasteiger charge is -2.34. The first-order valence-electron chi connectivity index (χ1n) is 16.0. The van der Waals surface area contributed by atoms with Gasteiger partial charge in [-0.15, -0.1) is 0 Å². The minimum absolute atomic E-state index is 0.0397. The van der Waals surface area contributed by atoms with Crippen LogP contribution in [0.25, 0.3) is 0 Å². The predicted octanol–water partition coefficient (Wildman–Crippen LogP) is 6.29. The number of amides is 4. The van der Waals surface area contributed by atoms with Gasteiger partial charge in [-0.2, -0.15) is 0 Å². The molecule has 0 spiro atoms. The van der Waals surface area contributed by atoms with E-state index < -0.39 is 41.5 Å². The number of nitrogens with zero attached hydrogens (tertiary/aromatic N) is 1. The van der Waals surface area contributed by atoms with Crippen LogP contribution in [-0.4, -0.2) is 54.0 Å². The van der Waals surface area contributed by atoms with Crippen molar-refractivity contribution in [3.8, 4) is 5.75 Å². The van der Waals surface area contributed by atoms with Gasteiger partial charge in [0.15, 0.2) is 0 Å². The molecular weight excluding hydrogens is 572 g/mol. The number of methoxy groups -OCH3 is 1. The Morgan fingerprint density at radius 2 is 1.51 bits per heavy atom. The van der Waals surface area contributed by atoms with E-state index in [4.69, 9.17) is 15.2 Å². The van der Waals surface area contributed by atoms with Gasteiger partial charge in [-0.05, 0) is 75.4 Å². The second kappa shape index (κ2) is 18.7. The number of nitrogens with one attached hydrogen (secondary N) is 2. The smallest absolute Gasteiger partial charge is 0.408 e. The van der Waals surface area contributed by atoms with Gasteiger partial charge in [0.25, 0.3) is 5.91 Å². The first-order valence-corrected chi connectivity index (χ1v) is 16.0. The molecule has 0 aliphatic heterocycles. The van der Waals surface area contributed by atoms with Crippen LogP contribution in [0.2, 0.25) is 0 Å². The van der Waals surface area contributed by atoms with Crippen LogP contribution in [-0.2, 0) is 25.5 Å². The minimum atomic E-state index is -1.14. The molecule has 248 valence electrons. The van der Waals surface area contributed by atoms with E-state index in [1.54, 1.807) is 52.1 Å². The van der Waals surface area contributed by atoms with Crippen LogP contribution in [0.5, 0.6) is 5.75 Å². The van der Waals surface area contributed by atoms with Crippen LogP contribution < -0.4 is 21.1 Å². The molecule has 0 saturated carbocycles. The Kier molecular flexibility index (Phi) is 15.4. The minimum Gasteiger partial charge on any atom is -0.497 e. The zero-order chi connectivity index (χ0) is 33.4. The lowest BCUT2D eigenvalue weighted by atomic mass is 9.99. The van der Waals surface area contributed by atoms with Crippen LogP contribution in [0.1, 0.15) is 103 Å². The maximum atomic E-state index is 14.4. The van der Waals surface area contributed by atoms with Crippen LogP contribution in [0.4, 0.5) is 10.5 Å². The molecule has 10 nitrogen and oxygen atoms in total. The zero-order valence-electron chi connectivity index (χ0n) is 27.8. The number of hydrogen-bond donors (Lipinski definition) is 3. The number of ether oxygens (including phenoxy) is 2. The van der Waals surface area contributed by atoms with E-state index in [1.165, 1.54) is 4.90 Å². The lowest BCUT2D eigenvalue weighted by molar-refractivity contribution is -0.141. The molecule has 10 heteroatoms. The fraction of sp³-hybridized carbons (Fsp3) is 0.543. The van der Waals surface area contributed by atoms with E-state index in [2.05, 4.69) is 17.6 Å². The molecule has 2 aromatic rings. The molecule has 4 N–H and O–H groups in total. The van der Waals surface area contributed by atoms with Crippen molar-refractivity contribution in [2.75, 3.05) is 19.0 Å². The SMILES string of the molecule is CCCCCCCCN(C(=O)C(CCC(N)=O)NC(=O)OC(C)(C)C)C(C(=O)Nc1ccc(OC)cc1)c1ccc(CC)cc1. The normalized spacial score (nSPS) is 12.5. The quantitative estimate of drug-likeness (QED) is 0.167. The summed E-state index contributed by atoms with van der Waals surface area (Å²) < 4.78 is 10.7. The molecule has 0 aliphatic carbocycles. The molecule has 0 heterocycles.